The van der Waals surface area contributed by atoms with Crippen molar-refractivity contribution in [1.82, 2.24) is 4.90 Å². The third-order valence-electron chi connectivity index (χ3n) is 4.71. The van der Waals surface area contributed by atoms with E-state index in [-0.39, 0.29) is 11.9 Å². The van der Waals surface area contributed by atoms with E-state index in [1.54, 1.807) is 0 Å². The van der Waals surface area contributed by atoms with Crippen LogP contribution < -0.4 is 15.2 Å². The number of benzene rings is 1. The lowest BCUT2D eigenvalue weighted by molar-refractivity contribution is -0.683. The van der Waals surface area contributed by atoms with Gasteiger partial charge in [0.1, 0.15) is 19.1 Å². The summed E-state index contributed by atoms with van der Waals surface area (Å²) in [5.41, 5.74) is 1.18. The van der Waals surface area contributed by atoms with Gasteiger partial charge in [0.25, 0.3) is 11.7 Å². The number of carbonyl (C=O) groups is 1. The van der Waals surface area contributed by atoms with Gasteiger partial charge >= 0.3 is 0 Å². The van der Waals surface area contributed by atoms with Gasteiger partial charge in [0.15, 0.2) is 6.54 Å². The number of halogens is 1. The molecule has 0 saturated carbocycles. The lowest BCUT2D eigenvalue weighted by Gasteiger charge is -2.30. The molecule has 0 radical (unpaired) electrons. The topological polar surface area (TPSA) is 54.3 Å². The molecular formula is C19H25ClN4O+2. The van der Waals surface area contributed by atoms with E-state index in [9.17, 15) is 4.79 Å². The SMILES string of the molecule is C[C@H]([NH2+]CC(=O)N1CCN(c2cccc[nH+]2)CC1)c1ccc(Cl)cc1. The van der Waals surface area contributed by atoms with Gasteiger partial charge in [0, 0.05) is 16.7 Å². The molecule has 1 atom stereocenters. The van der Waals surface area contributed by atoms with Gasteiger partial charge in [-0.2, -0.15) is 0 Å². The van der Waals surface area contributed by atoms with Gasteiger partial charge in [0.05, 0.1) is 19.3 Å². The van der Waals surface area contributed by atoms with E-state index in [0.29, 0.717) is 6.54 Å². The maximum atomic E-state index is 12.5. The molecule has 132 valence electrons. The Morgan fingerprint density at radius 3 is 2.52 bits per heavy atom. The van der Waals surface area contributed by atoms with Crippen LogP contribution in [0.2, 0.25) is 5.02 Å². The van der Waals surface area contributed by atoms with Crippen LogP contribution in [0.4, 0.5) is 5.82 Å². The maximum Gasteiger partial charge on any atom is 0.277 e. The van der Waals surface area contributed by atoms with Crippen LogP contribution in [-0.2, 0) is 4.79 Å². The zero-order chi connectivity index (χ0) is 17.6. The van der Waals surface area contributed by atoms with Gasteiger partial charge in [0.2, 0.25) is 0 Å². The molecular weight excluding hydrogens is 336 g/mol. The molecule has 6 heteroatoms. The first-order valence-electron chi connectivity index (χ1n) is 8.72. The Bertz CT molecular complexity index is 684. The molecule has 1 saturated heterocycles. The van der Waals surface area contributed by atoms with Crippen LogP contribution in [0.15, 0.2) is 48.7 Å². The average molecular weight is 361 g/mol. The molecule has 2 aromatic rings. The highest BCUT2D eigenvalue weighted by Gasteiger charge is 2.26. The fraction of sp³-hybridized carbons (Fsp3) is 0.368. The van der Waals surface area contributed by atoms with Crippen LogP contribution in [0.5, 0.6) is 0 Å². The van der Waals surface area contributed by atoms with E-state index in [1.165, 1.54) is 5.56 Å². The van der Waals surface area contributed by atoms with Crippen molar-refractivity contribution in [3.05, 3.63) is 59.2 Å². The second-order valence-corrected chi connectivity index (χ2v) is 6.83. The Labute approximate surface area is 153 Å². The summed E-state index contributed by atoms with van der Waals surface area (Å²) in [6.07, 6.45) is 1.93. The number of nitrogens with two attached hydrogens (primary N) is 1. The van der Waals surface area contributed by atoms with E-state index in [2.05, 4.69) is 28.2 Å². The molecule has 1 aromatic carbocycles. The smallest absolute Gasteiger partial charge is 0.277 e. The zero-order valence-corrected chi connectivity index (χ0v) is 15.2. The minimum Gasteiger partial charge on any atom is -0.333 e. The highest BCUT2D eigenvalue weighted by molar-refractivity contribution is 6.30. The molecule has 1 fully saturated rings. The summed E-state index contributed by atoms with van der Waals surface area (Å²) in [6, 6.07) is 14.1. The predicted molar refractivity (Wildman–Crippen MR) is 98.5 cm³/mol. The summed E-state index contributed by atoms with van der Waals surface area (Å²) in [5, 5.41) is 2.82. The summed E-state index contributed by atoms with van der Waals surface area (Å²) in [7, 11) is 0. The van der Waals surface area contributed by atoms with Crippen molar-refractivity contribution in [2.24, 2.45) is 0 Å². The Balaban J connectivity index is 1.45. The standard InChI is InChI=1S/C19H23ClN4O/c1-15(16-5-7-17(20)8-6-16)22-14-19(25)24-12-10-23(11-13-24)18-4-2-3-9-21-18/h2-9,15,22H,10-14H2,1H3/p+2/t15-/m0/s1. The Morgan fingerprint density at radius 1 is 1.16 bits per heavy atom. The molecule has 1 aromatic heterocycles. The van der Waals surface area contributed by atoms with Crippen molar-refractivity contribution in [3.63, 3.8) is 0 Å². The number of quaternary nitrogens is 1. The van der Waals surface area contributed by atoms with Crippen LogP contribution in [0.1, 0.15) is 18.5 Å². The van der Waals surface area contributed by atoms with E-state index >= 15 is 0 Å². The number of rotatable bonds is 5. The number of amides is 1. The third-order valence-corrected chi connectivity index (χ3v) is 4.96. The molecule has 1 amide bonds. The molecule has 3 N–H and O–H groups in total. The van der Waals surface area contributed by atoms with Gasteiger partial charge < -0.3 is 10.2 Å². The lowest BCUT2D eigenvalue weighted by Crippen LogP contribution is -2.87. The fourth-order valence-corrected chi connectivity index (χ4v) is 3.21. The molecule has 0 unspecified atom stereocenters. The first-order chi connectivity index (χ1) is 12.1. The largest absolute Gasteiger partial charge is 0.333 e. The number of aromatic nitrogens is 1. The number of H-pyrrole nitrogens is 1. The maximum absolute atomic E-state index is 12.5. The second-order valence-electron chi connectivity index (χ2n) is 6.40. The monoisotopic (exact) mass is 360 g/mol. The van der Waals surface area contributed by atoms with E-state index in [0.717, 1.165) is 37.0 Å². The summed E-state index contributed by atoms with van der Waals surface area (Å²) in [6.45, 7) is 5.84. The number of piperazine rings is 1. The molecule has 1 aliphatic heterocycles. The Morgan fingerprint density at radius 2 is 1.88 bits per heavy atom. The van der Waals surface area contributed by atoms with Crippen LogP contribution >= 0.6 is 11.6 Å². The molecule has 2 heterocycles. The van der Waals surface area contributed by atoms with Gasteiger partial charge in [-0.25, -0.2) is 4.98 Å². The molecule has 1 aliphatic rings. The number of nitrogens with zero attached hydrogens (tertiary/aromatic N) is 2. The number of pyridine rings is 1. The van der Waals surface area contributed by atoms with Crippen molar-refractivity contribution in [2.45, 2.75) is 13.0 Å². The van der Waals surface area contributed by atoms with E-state index in [1.807, 2.05) is 47.5 Å². The first kappa shape index (κ1) is 17.7. The molecule has 0 spiro atoms. The molecule has 0 bridgehead atoms. The summed E-state index contributed by atoms with van der Waals surface area (Å²) >= 11 is 5.92. The van der Waals surface area contributed by atoms with Gasteiger partial charge in [-0.3, -0.25) is 9.69 Å². The minimum atomic E-state index is 0.206. The molecule has 0 aliphatic carbocycles. The molecule has 3 rings (SSSR count). The lowest BCUT2D eigenvalue weighted by atomic mass is 10.1. The highest BCUT2D eigenvalue weighted by atomic mass is 35.5. The minimum absolute atomic E-state index is 0.206. The normalized spacial score (nSPS) is 15.9. The van der Waals surface area contributed by atoms with Crippen LogP contribution in [-0.4, -0.2) is 43.5 Å². The second kappa shape index (κ2) is 8.32. The van der Waals surface area contributed by atoms with Crippen molar-refractivity contribution in [2.75, 3.05) is 37.6 Å². The fourth-order valence-electron chi connectivity index (χ4n) is 3.09. The molecule has 5 nitrogen and oxygen atoms in total. The number of hydrogen-bond donors (Lipinski definition) is 1. The van der Waals surface area contributed by atoms with Crippen molar-refractivity contribution >= 4 is 23.3 Å². The van der Waals surface area contributed by atoms with Crippen LogP contribution in [0.25, 0.3) is 0 Å². The van der Waals surface area contributed by atoms with Crippen molar-refractivity contribution in [3.8, 4) is 0 Å². The summed E-state index contributed by atoms with van der Waals surface area (Å²) in [5.74, 6) is 1.31. The number of aromatic amines is 1. The first-order valence-corrected chi connectivity index (χ1v) is 9.09. The van der Waals surface area contributed by atoms with E-state index < -0.39 is 0 Å². The molecule has 25 heavy (non-hydrogen) atoms. The van der Waals surface area contributed by atoms with Gasteiger partial charge in [-0.1, -0.05) is 29.8 Å². The highest BCUT2D eigenvalue weighted by Crippen LogP contribution is 2.13. The number of nitrogens with one attached hydrogen (secondary N) is 1. The zero-order valence-electron chi connectivity index (χ0n) is 14.5. The van der Waals surface area contributed by atoms with Crippen LogP contribution in [0, 0.1) is 0 Å². The number of hydrogen-bond acceptors (Lipinski definition) is 2. The van der Waals surface area contributed by atoms with Crippen LogP contribution in [0.3, 0.4) is 0 Å². The third kappa shape index (κ3) is 4.71. The van der Waals surface area contributed by atoms with Crippen molar-refractivity contribution in [1.29, 1.82) is 0 Å². The van der Waals surface area contributed by atoms with Gasteiger partial charge in [-0.05, 0) is 25.1 Å². The summed E-state index contributed by atoms with van der Waals surface area (Å²) in [4.78, 5) is 20.0. The van der Waals surface area contributed by atoms with E-state index in [4.69, 9.17) is 11.6 Å². The predicted octanol–water partition coefficient (Wildman–Crippen LogP) is 1.13. The average Bonchev–Trinajstić information content (AvgIpc) is 2.67. The van der Waals surface area contributed by atoms with Crippen molar-refractivity contribution < 1.29 is 15.1 Å². The number of carbonyl (C=O) groups excluding carboxylic acids is 1. The number of anilines is 1. The van der Waals surface area contributed by atoms with Gasteiger partial charge in [-0.15, -0.1) is 0 Å². The Kier molecular flexibility index (Phi) is 5.89. The quantitative estimate of drug-likeness (QED) is 0.869. The Hall–Kier alpha value is -2.11. The summed E-state index contributed by atoms with van der Waals surface area (Å²) < 4.78 is 0.